The number of alkyl halides is 1. The topological polar surface area (TPSA) is 112 Å². The molecule has 2 rings (SSSR count). The lowest BCUT2D eigenvalue weighted by Crippen LogP contribution is -2.29. The van der Waals surface area contributed by atoms with Gasteiger partial charge in [0.15, 0.2) is 12.4 Å². The van der Waals surface area contributed by atoms with Crippen molar-refractivity contribution >= 4 is 5.91 Å². The molecule has 0 unspecified atom stereocenters. The second-order valence-electron chi connectivity index (χ2n) is 4.19. The van der Waals surface area contributed by atoms with Gasteiger partial charge < -0.3 is 20.3 Å². The molecule has 1 fully saturated rings. The van der Waals surface area contributed by atoms with E-state index in [4.69, 9.17) is 15.2 Å². The molecule has 8 nitrogen and oxygen atoms in total. The molecule has 1 aromatic rings. The van der Waals surface area contributed by atoms with Crippen molar-refractivity contribution in [3.8, 4) is 0 Å². The summed E-state index contributed by atoms with van der Waals surface area (Å²) in [5, 5.41) is 13.4. The van der Waals surface area contributed by atoms with Crippen LogP contribution in [-0.4, -0.2) is 57.9 Å². The Morgan fingerprint density at radius 3 is 3.05 bits per heavy atom. The van der Waals surface area contributed by atoms with E-state index < -0.39 is 30.5 Å². The van der Waals surface area contributed by atoms with Crippen LogP contribution in [0.25, 0.3) is 0 Å². The summed E-state index contributed by atoms with van der Waals surface area (Å²) in [6, 6.07) is 0. The highest BCUT2D eigenvalue weighted by molar-refractivity contribution is 5.88. The summed E-state index contributed by atoms with van der Waals surface area (Å²) < 4.78 is 25.2. The normalized spacial score (nSPS) is 30.7. The van der Waals surface area contributed by atoms with Crippen molar-refractivity contribution in [2.24, 2.45) is 5.73 Å². The lowest BCUT2D eigenvalue weighted by molar-refractivity contribution is -0.0416. The molecule has 0 saturated carbocycles. The molecule has 3 N–H and O–H groups in total. The van der Waals surface area contributed by atoms with Gasteiger partial charge >= 0.3 is 0 Å². The Kier molecular flexibility index (Phi) is 4.08. The van der Waals surface area contributed by atoms with Crippen LogP contribution in [0.2, 0.25) is 0 Å². The summed E-state index contributed by atoms with van der Waals surface area (Å²) in [6.07, 6.45) is -3.27. The van der Waals surface area contributed by atoms with Crippen LogP contribution in [0, 0.1) is 0 Å². The summed E-state index contributed by atoms with van der Waals surface area (Å²) in [6.45, 7) is 0.338. The molecule has 0 spiro atoms. The number of ether oxygens (including phenoxy) is 2. The summed E-state index contributed by atoms with van der Waals surface area (Å²) in [5.74, 6) is -1.05. The second kappa shape index (κ2) is 5.59. The molecule has 1 aliphatic rings. The van der Waals surface area contributed by atoms with E-state index >= 15 is 0 Å². The molecule has 19 heavy (non-hydrogen) atoms. The Balaban J connectivity index is 2.09. The molecule has 0 bridgehead atoms. The minimum absolute atomic E-state index is 0.231. The van der Waals surface area contributed by atoms with E-state index in [1.807, 2.05) is 0 Å². The second-order valence-corrected chi connectivity index (χ2v) is 4.19. The first-order valence-corrected chi connectivity index (χ1v) is 5.72. The number of hydrogen-bond acceptors (Lipinski definition) is 6. The Morgan fingerprint density at radius 1 is 1.74 bits per heavy atom. The van der Waals surface area contributed by atoms with E-state index in [1.54, 1.807) is 0 Å². The average Bonchev–Trinajstić information content (AvgIpc) is 2.95. The van der Waals surface area contributed by atoms with E-state index in [9.17, 15) is 14.3 Å². The van der Waals surface area contributed by atoms with Crippen molar-refractivity contribution in [1.29, 1.82) is 0 Å². The van der Waals surface area contributed by atoms with Crippen LogP contribution in [0.3, 0.4) is 0 Å². The van der Waals surface area contributed by atoms with Crippen LogP contribution in [-0.2, 0) is 9.47 Å². The van der Waals surface area contributed by atoms with Gasteiger partial charge in [-0.15, -0.1) is 5.10 Å². The molecule has 9 heteroatoms. The lowest BCUT2D eigenvalue weighted by atomic mass is 10.1. The van der Waals surface area contributed by atoms with Crippen molar-refractivity contribution < 1.29 is 23.8 Å². The SMILES string of the molecule is COCC[C@H]1O[C@@H](n2cnc(C(N)=O)n2)[C@H](F)[C@@H]1O. The molecule has 4 atom stereocenters. The largest absolute Gasteiger partial charge is 0.387 e. The highest BCUT2D eigenvalue weighted by Gasteiger charge is 2.45. The summed E-state index contributed by atoms with van der Waals surface area (Å²) >= 11 is 0. The third-order valence-corrected chi connectivity index (χ3v) is 2.89. The van der Waals surface area contributed by atoms with Gasteiger partial charge in [-0.3, -0.25) is 4.79 Å². The number of nitrogens with zero attached hydrogens (tertiary/aromatic N) is 3. The zero-order valence-corrected chi connectivity index (χ0v) is 10.3. The maximum Gasteiger partial charge on any atom is 0.288 e. The Labute approximate surface area is 108 Å². The van der Waals surface area contributed by atoms with Crippen molar-refractivity contribution in [3.63, 3.8) is 0 Å². The quantitative estimate of drug-likeness (QED) is 0.713. The Morgan fingerprint density at radius 2 is 2.47 bits per heavy atom. The van der Waals surface area contributed by atoms with Gasteiger partial charge in [0, 0.05) is 13.7 Å². The first-order valence-electron chi connectivity index (χ1n) is 5.72. The van der Waals surface area contributed by atoms with Crippen molar-refractivity contribution in [1.82, 2.24) is 14.8 Å². The number of carbonyl (C=O) groups is 1. The number of hydrogen-bond donors (Lipinski definition) is 2. The number of aliphatic hydroxyl groups is 1. The zero-order valence-electron chi connectivity index (χ0n) is 10.3. The third-order valence-electron chi connectivity index (χ3n) is 2.89. The summed E-state index contributed by atoms with van der Waals surface area (Å²) in [7, 11) is 1.50. The maximum atomic E-state index is 13.9. The number of aliphatic hydroxyl groups excluding tert-OH is 1. The molecule has 1 aliphatic heterocycles. The van der Waals surface area contributed by atoms with Gasteiger partial charge in [0.05, 0.1) is 6.10 Å². The first-order chi connectivity index (χ1) is 9.04. The number of primary amides is 1. The number of rotatable bonds is 5. The molecule has 1 saturated heterocycles. The predicted octanol–water partition coefficient (Wildman–Crippen LogP) is -0.990. The highest BCUT2D eigenvalue weighted by Crippen LogP contribution is 2.32. The minimum Gasteiger partial charge on any atom is -0.387 e. The van der Waals surface area contributed by atoms with Gasteiger partial charge in [-0.2, -0.15) is 0 Å². The number of aromatic nitrogens is 3. The molecule has 0 aromatic carbocycles. The zero-order chi connectivity index (χ0) is 14.0. The van der Waals surface area contributed by atoms with E-state index in [0.29, 0.717) is 13.0 Å². The number of methoxy groups -OCH3 is 1. The molecular weight excluding hydrogens is 259 g/mol. The van der Waals surface area contributed by atoms with E-state index in [0.717, 1.165) is 11.0 Å². The van der Waals surface area contributed by atoms with Gasteiger partial charge in [0.1, 0.15) is 12.4 Å². The fourth-order valence-electron chi connectivity index (χ4n) is 1.90. The minimum atomic E-state index is -1.66. The van der Waals surface area contributed by atoms with Crippen LogP contribution in [0.4, 0.5) is 4.39 Å². The van der Waals surface area contributed by atoms with Crippen LogP contribution in [0.15, 0.2) is 6.33 Å². The third kappa shape index (κ3) is 2.72. The molecule has 106 valence electrons. The van der Waals surface area contributed by atoms with Crippen LogP contribution in [0.5, 0.6) is 0 Å². The van der Waals surface area contributed by atoms with Gasteiger partial charge in [-0.25, -0.2) is 14.1 Å². The Bertz CT molecular complexity index is 454. The smallest absolute Gasteiger partial charge is 0.288 e. The average molecular weight is 274 g/mol. The van der Waals surface area contributed by atoms with Crippen molar-refractivity contribution in [2.75, 3.05) is 13.7 Å². The standard InChI is InChI=1S/C10H15FN4O4/c1-18-3-2-5-7(16)6(11)10(19-5)15-4-13-9(14-15)8(12)17/h4-7,10,16H,2-3H2,1H3,(H2,12,17)/t5-,6-,7-,10-/m1/s1. The summed E-state index contributed by atoms with van der Waals surface area (Å²) in [5.41, 5.74) is 5.00. The van der Waals surface area contributed by atoms with E-state index in [2.05, 4.69) is 10.1 Å². The molecule has 2 heterocycles. The number of nitrogens with two attached hydrogens (primary N) is 1. The lowest BCUT2D eigenvalue weighted by Gasteiger charge is -2.13. The van der Waals surface area contributed by atoms with Crippen LogP contribution < -0.4 is 5.73 Å². The first kappa shape index (κ1) is 13.8. The number of carbonyl (C=O) groups excluding carboxylic acids is 1. The van der Waals surface area contributed by atoms with Gasteiger partial charge in [0.25, 0.3) is 5.91 Å². The predicted molar refractivity (Wildman–Crippen MR) is 59.8 cm³/mol. The monoisotopic (exact) mass is 274 g/mol. The molecule has 0 aliphatic carbocycles. The molecule has 1 amide bonds. The summed E-state index contributed by atoms with van der Waals surface area (Å²) in [4.78, 5) is 14.5. The Hall–Kier alpha value is -1.58. The van der Waals surface area contributed by atoms with Crippen LogP contribution >= 0.6 is 0 Å². The van der Waals surface area contributed by atoms with E-state index in [1.165, 1.54) is 7.11 Å². The van der Waals surface area contributed by atoms with Gasteiger partial charge in [-0.1, -0.05) is 0 Å². The fraction of sp³-hybridized carbons (Fsp3) is 0.700. The van der Waals surface area contributed by atoms with Gasteiger partial charge in [-0.05, 0) is 6.42 Å². The fourth-order valence-corrected chi connectivity index (χ4v) is 1.90. The number of amides is 1. The van der Waals surface area contributed by atoms with Crippen molar-refractivity contribution in [3.05, 3.63) is 12.2 Å². The molecule has 1 aromatic heterocycles. The molecular formula is C10H15FN4O4. The van der Waals surface area contributed by atoms with Gasteiger partial charge in [0.2, 0.25) is 5.82 Å². The van der Waals surface area contributed by atoms with Crippen LogP contribution in [0.1, 0.15) is 23.3 Å². The number of halogens is 1. The molecule has 0 radical (unpaired) electrons. The van der Waals surface area contributed by atoms with Crippen molar-refractivity contribution in [2.45, 2.75) is 31.0 Å². The maximum absolute atomic E-state index is 13.9. The highest BCUT2D eigenvalue weighted by atomic mass is 19.1. The van der Waals surface area contributed by atoms with E-state index in [-0.39, 0.29) is 5.82 Å².